The summed E-state index contributed by atoms with van der Waals surface area (Å²) < 4.78 is 3.33. The van der Waals surface area contributed by atoms with Crippen molar-refractivity contribution in [2.24, 2.45) is 0 Å². The molecule has 1 aromatic carbocycles. The second-order valence-electron chi connectivity index (χ2n) is 5.11. The van der Waals surface area contributed by atoms with Crippen molar-refractivity contribution in [1.82, 2.24) is 14.7 Å². The number of nitrogens with one attached hydrogen (secondary N) is 1. The Morgan fingerprint density at radius 1 is 1.38 bits per heavy atom. The lowest BCUT2D eigenvalue weighted by Gasteiger charge is -2.06. The largest absolute Gasteiger partial charge is 0.308 e. The van der Waals surface area contributed by atoms with E-state index in [4.69, 9.17) is 4.98 Å². The molecule has 0 unspecified atom stereocenters. The van der Waals surface area contributed by atoms with E-state index in [2.05, 4.69) is 55.4 Å². The van der Waals surface area contributed by atoms with Gasteiger partial charge in [-0.2, -0.15) is 0 Å². The molecule has 0 radical (unpaired) electrons. The van der Waals surface area contributed by atoms with Gasteiger partial charge in [0.25, 0.3) is 0 Å². The minimum Gasteiger partial charge on any atom is -0.308 e. The predicted octanol–water partition coefficient (Wildman–Crippen LogP) is 4.56. The van der Waals surface area contributed by atoms with Crippen LogP contribution in [0.25, 0.3) is 4.96 Å². The highest BCUT2D eigenvalue weighted by Crippen LogP contribution is 2.36. The van der Waals surface area contributed by atoms with Crippen LogP contribution in [-0.2, 0) is 6.54 Å². The Hall–Kier alpha value is -0.820. The molecule has 108 valence electrons. The molecule has 1 N–H and O–H groups in total. The molecular formula is C15H14BrN3S2. The smallest absolute Gasteiger partial charge is 0.194 e. The van der Waals surface area contributed by atoms with Gasteiger partial charge in [0.1, 0.15) is 5.03 Å². The van der Waals surface area contributed by atoms with Gasteiger partial charge in [-0.25, -0.2) is 4.98 Å². The average Bonchev–Trinajstić information content (AvgIpc) is 3.10. The van der Waals surface area contributed by atoms with Crippen molar-refractivity contribution in [2.45, 2.75) is 35.3 Å². The zero-order valence-electron chi connectivity index (χ0n) is 11.3. The summed E-state index contributed by atoms with van der Waals surface area (Å²) in [6.07, 6.45) is 4.72. The van der Waals surface area contributed by atoms with Crippen molar-refractivity contribution < 1.29 is 0 Å². The number of hydrogen-bond donors (Lipinski definition) is 1. The van der Waals surface area contributed by atoms with Crippen LogP contribution >= 0.6 is 39.0 Å². The number of rotatable bonds is 5. The third kappa shape index (κ3) is 2.90. The average molecular weight is 380 g/mol. The second-order valence-corrected chi connectivity index (χ2v) is 7.86. The normalized spacial score (nSPS) is 14.9. The monoisotopic (exact) mass is 379 g/mol. The molecule has 0 bridgehead atoms. The Morgan fingerprint density at radius 3 is 3.05 bits per heavy atom. The van der Waals surface area contributed by atoms with E-state index in [0.29, 0.717) is 6.04 Å². The van der Waals surface area contributed by atoms with Gasteiger partial charge >= 0.3 is 0 Å². The second kappa shape index (κ2) is 5.76. The number of fused-ring (bicyclic) bond motifs is 1. The number of thiazole rings is 1. The zero-order valence-corrected chi connectivity index (χ0v) is 14.5. The summed E-state index contributed by atoms with van der Waals surface area (Å²) in [7, 11) is 0. The Labute approximate surface area is 139 Å². The molecule has 2 aromatic heterocycles. The van der Waals surface area contributed by atoms with Gasteiger partial charge in [0, 0.05) is 33.5 Å². The molecule has 0 amide bonds. The van der Waals surface area contributed by atoms with Gasteiger partial charge in [-0.05, 0) is 40.9 Å². The SMILES string of the molecule is Brc1ccccc1Sc1nc2sccn2c1CNC1CC1. The molecule has 4 rings (SSSR count). The van der Waals surface area contributed by atoms with Crippen LogP contribution in [0.4, 0.5) is 0 Å². The first kappa shape index (κ1) is 13.8. The number of hydrogen-bond acceptors (Lipinski definition) is 4. The summed E-state index contributed by atoms with van der Waals surface area (Å²) in [5, 5.41) is 6.79. The summed E-state index contributed by atoms with van der Waals surface area (Å²) in [4.78, 5) is 7.06. The van der Waals surface area contributed by atoms with E-state index >= 15 is 0 Å². The van der Waals surface area contributed by atoms with E-state index in [9.17, 15) is 0 Å². The molecule has 6 heteroatoms. The van der Waals surface area contributed by atoms with Crippen molar-refractivity contribution in [3.8, 4) is 0 Å². The van der Waals surface area contributed by atoms with Crippen molar-refractivity contribution in [1.29, 1.82) is 0 Å². The molecule has 0 spiro atoms. The molecule has 3 nitrogen and oxygen atoms in total. The van der Waals surface area contributed by atoms with Crippen LogP contribution in [0.15, 0.2) is 50.2 Å². The highest BCUT2D eigenvalue weighted by atomic mass is 79.9. The lowest BCUT2D eigenvalue weighted by molar-refractivity contribution is 0.661. The van der Waals surface area contributed by atoms with Crippen LogP contribution < -0.4 is 5.32 Å². The van der Waals surface area contributed by atoms with Gasteiger partial charge in [0.2, 0.25) is 0 Å². The maximum absolute atomic E-state index is 4.79. The summed E-state index contributed by atoms with van der Waals surface area (Å²) in [5.41, 5.74) is 1.26. The highest BCUT2D eigenvalue weighted by Gasteiger charge is 2.22. The van der Waals surface area contributed by atoms with Gasteiger partial charge < -0.3 is 5.32 Å². The summed E-state index contributed by atoms with van der Waals surface area (Å²) in [6, 6.07) is 9.00. The lowest BCUT2D eigenvalue weighted by Crippen LogP contribution is -2.16. The summed E-state index contributed by atoms with van der Waals surface area (Å²) in [6.45, 7) is 0.884. The number of imidazole rings is 1. The van der Waals surface area contributed by atoms with Crippen LogP contribution in [0, 0.1) is 0 Å². The Bertz CT molecular complexity index is 776. The number of halogens is 1. The number of aromatic nitrogens is 2. The van der Waals surface area contributed by atoms with Crippen LogP contribution in [0.1, 0.15) is 18.5 Å². The van der Waals surface area contributed by atoms with Crippen LogP contribution in [-0.4, -0.2) is 15.4 Å². The van der Waals surface area contributed by atoms with Crippen molar-refractivity contribution >= 4 is 44.0 Å². The summed E-state index contributed by atoms with van der Waals surface area (Å²) in [5.74, 6) is 0. The fourth-order valence-electron chi connectivity index (χ4n) is 2.22. The first-order valence-corrected chi connectivity index (χ1v) is 9.40. The minimum absolute atomic E-state index is 0.704. The van der Waals surface area contributed by atoms with E-state index in [0.717, 1.165) is 21.0 Å². The van der Waals surface area contributed by atoms with Gasteiger partial charge in [-0.1, -0.05) is 23.9 Å². The lowest BCUT2D eigenvalue weighted by atomic mass is 10.4. The summed E-state index contributed by atoms with van der Waals surface area (Å²) >= 11 is 7.03. The van der Waals surface area contributed by atoms with Gasteiger partial charge in [-0.3, -0.25) is 4.40 Å². The van der Waals surface area contributed by atoms with Gasteiger partial charge in [-0.15, -0.1) is 11.3 Å². The number of benzene rings is 1. The molecule has 1 aliphatic rings. The molecule has 2 heterocycles. The first-order chi connectivity index (χ1) is 10.3. The standard InChI is InChI=1S/C15H14BrN3S2/c16-11-3-1-2-4-13(11)21-14-12(9-17-10-5-6-10)19-7-8-20-15(19)18-14/h1-4,7-8,10,17H,5-6,9H2. The molecule has 0 saturated heterocycles. The molecule has 1 saturated carbocycles. The highest BCUT2D eigenvalue weighted by molar-refractivity contribution is 9.10. The topological polar surface area (TPSA) is 29.3 Å². The maximum Gasteiger partial charge on any atom is 0.194 e. The van der Waals surface area contributed by atoms with E-state index in [1.165, 1.54) is 23.4 Å². The van der Waals surface area contributed by atoms with Gasteiger partial charge in [0.15, 0.2) is 4.96 Å². The fourth-order valence-corrected chi connectivity index (χ4v) is 4.47. The van der Waals surface area contributed by atoms with Crippen molar-refractivity contribution in [3.05, 3.63) is 46.0 Å². The third-order valence-electron chi connectivity index (χ3n) is 3.50. The molecule has 0 aliphatic heterocycles. The predicted molar refractivity (Wildman–Crippen MR) is 91.2 cm³/mol. The zero-order chi connectivity index (χ0) is 14.2. The maximum atomic E-state index is 4.79. The van der Waals surface area contributed by atoms with E-state index in [-0.39, 0.29) is 0 Å². The van der Waals surface area contributed by atoms with Crippen LogP contribution in [0.5, 0.6) is 0 Å². The van der Waals surface area contributed by atoms with E-state index in [1.807, 2.05) is 6.07 Å². The number of nitrogens with zero attached hydrogens (tertiary/aromatic N) is 2. The van der Waals surface area contributed by atoms with E-state index in [1.54, 1.807) is 23.1 Å². The molecule has 1 aliphatic carbocycles. The molecule has 1 fully saturated rings. The molecule has 0 atom stereocenters. The fraction of sp³-hybridized carbons (Fsp3) is 0.267. The molecule has 21 heavy (non-hydrogen) atoms. The van der Waals surface area contributed by atoms with Crippen LogP contribution in [0.3, 0.4) is 0 Å². The quantitative estimate of drug-likeness (QED) is 0.704. The van der Waals surface area contributed by atoms with Gasteiger partial charge in [0.05, 0.1) is 5.69 Å². The Kier molecular flexibility index (Phi) is 3.79. The Morgan fingerprint density at radius 2 is 2.24 bits per heavy atom. The molecule has 3 aromatic rings. The van der Waals surface area contributed by atoms with Crippen molar-refractivity contribution in [3.63, 3.8) is 0 Å². The Balaban J connectivity index is 1.67. The third-order valence-corrected chi connectivity index (χ3v) is 6.31. The minimum atomic E-state index is 0.704. The van der Waals surface area contributed by atoms with Crippen LogP contribution in [0.2, 0.25) is 0 Å². The molecular weight excluding hydrogens is 366 g/mol. The van der Waals surface area contributed by atoms with E-state index < -0.39 is 0 Å². The first-order valence-electron chi connectivity index (χ1n) is 6.91. The van der Waals surface area contributed by atoms with Crippen molar-refractivity contribution in [2.75, 3.05) is 0 Å².